The Morgan fingerprint density at radius 2 is 1.88 bits per heavy atom. The van der Waals surface area contributed by atoms with Gasteiger partial charge in [-0.05, 0) is 30.4 Å². The van der Waals surface area contributed by atoms with Gasteiger partial charge in [-0.3, -0.25) is 14.4 Å². The van der Waals surface area contributed by atoms with Crippen LogP contribution in [0.3, 0.4) is 0 Å². The summed E-state index contributed by atoms with van der Waals surface area (Å²) in [5, 5.41) is 0. The van der Waals surface area contributed by atoms with E-state index in [1.807, 2.05) is 37.3 Å². The summed E-state index contributed by atoms with van der Waals surface area (Å²) in [6.07, 6.45) is 2.83. The number of carbonyl (C=O) groups is 3. The first-order valence-corrected chi connectivity index (χ1v) is 11.8. The topological polar surface area (TPSA) is 88.1 Å². The van der Waals surface area contributed by atoms with Gasteiger partial charge in [-0.1, -0.05) is 56.3 Å². The first-order valence-electron chi connectivity index (χ1n) is 11.8. The van der Waals surface area contributed by atoms with Crippen LogP contribution < -0.4 is 0 Å². The quantitative estimate of drug-likeness (QED) is 0.361. The van der Waals surface area contributed by atoms with Gasteiger partial charge in [0.1, 0.15) is 18.3 Å². The van der Waals surface area contributed by atoms with E-state index in [1.54, 1.807) is 19.1 Å². The van der Waals surface area contributed by atoms with Crippen molar-refractivity contribution in [1.29, 1.82) is 0 Å². The third kappa shape index (κ3) is 6.72. The molecule has 0 saturated carbocycles. The van der Waals surface area contributed by atoms with Gasteiger partial charge in [-0.15, -0.1) is 6.58 Å². The average molecular weight is 471 g/mol. The van der Waals surface area contributed by atoms with Crippen LogP contribution in [0.5, 0.6) is 0 Å². The van der Waals surface area contributed by atoms with Crippen molar-refractivity contribution in [3.63, 3.8) is 0 Å². The molecule has 1 unspecified atom stereocenters. The van der Waals surface area contributed by atoms with Gasteiger partial charge in [0, 0.05) is 12.8 Å². The number of hydrogen-bond donors (Lipinski definition) is 0. The molecule has 184 valence electrons. The number of ketones is 2. The van der Waals surface area contributed by atoms with Gasteiger partial charge in [0.05, 0.1) is 25.4 Å². The van der Waals surface area contributed by atoms with Crippen molar-refractivity contribution in [3.8, 4) is 0 Å². The lowest BCUT2D eigenvalue weighted by Gasteiger charge is -2.31. The summed E-state index contributed by atoms with van der Waals surface area (Å²) in [7, 11) is 0. The molecular weight excluding hydrogens is 436 g/mol. The van der Waals surface area contributed by atoms with E-state index in [9.17, 15) is 14.4 Å². The highest BCUT2D eigenvalue weighted by Crippen LogP contribution is 2.33. The molecule has 34 heavy (non-hydrogen) atoms. The SMILES string of the molecule is C=CC[C@@H]1C=CC(=O)C([C@@H](C)[C@@H]2O[C@H](C[C@@H](C)COC(C)=O)[C@H](OCc3ccccc3)C2=O)O1. The van der Waals surface area contributed by atoms with Gasteiger partial charge < -0.3 is 18.9 Å². The van der Waals surface area contributed by atoms with Crippen LogP contribution in [0.25, 0.3) is 0 Å². The fourth-order valence-electron chi connectivity index (χ4n) is 4.35. The third-order valence-electron chi connectivity index (χ3n) is 6.13. The lowest BCUT2D eigenvalue weighted by molar-refractivity contribution is -0.144. The highest BCUT2D eigenvalue weighted by molar-refractivity contribution is 5.96. The predicted molar refractivity (Wildman–Crippen MR) is 126 cm³/mol. The van der Waals surface area contributed by atoms with E-state index >= 15 is 0 Å². The first kappa shape index (κ1) is 26.0. The molecule has 3 rings (SSSR count). The van der Waals surface area contributed by atoms with Crippen LogP contribution in [0.1, 0.15) is 39.2 Å². The Morgan fingerprint density at radius 1 is 1.15 bits per heavy atom. The van der Waals surface area contributed by atoms with Crippen LogP contribution in [0.15, 0.2) is 55.1 Å². The Morgan fingerprint density at radius 3 is 2.56 bits per heavy atom. The molecule has 0 bridgehead atoms. The zero-order chi connectivity index (χ0) is 24.7. The molecule has 0 amide bonds. The minimum atomic E-state index is -0.837. The second-order valence-corrected chi connectivity index (χ2v) is 9.10. The lowest BCUT2D eigenvalue weighted by atomic mass is 9.89. The Bertz CT molecular complexity index is 893. The summed E-state index contributed by atoms with van der Waals surface area (Å²) in [5.74, 6) is -1.26. The van der Waals surface area contributed by atoms with Crippen molar-refractivity contribution < 1.29 is 33.3 Å². The smallest absolute Gasteiger partial charge is 0.302 e. The van der Waals surface area contributed by atoms with Crippen LogP contribution in [0.4, 0.5) is 0 Å². The molecule has 7 heteroatoms. The number of esters is 1. The monoisotopic (exact) mass is 470 g/mol. The number of Topliss-reactive ketones (excluding diaryl/α,β-unsaturated/α-hetero) is 1. The predicted octanol–water partition coefficient (Wildman–Crippen LogP) is 3.60. The number of benzene rings is 1. The largest absolute Gasteiger partial charge is 0.466 e. The first-order chi connectivity index (χ1) is 16.3. The van der Waals surface area contributed by atoms with Gasteiger partial charge in [-0.25, -0.2) is 0 Å². The second-order valence-electron chi connectivity index (χ2n) is 9.10. The average Bonchev–Trinajstić information content (AvgIpc) is 3.12. The summed E-state index contributed by atoms with van der Waals surface area (Å²) in [6, 6.07) is 9.60. The van der Waals surface area contributed by atoms with Crippen LogP contribution in [-0.2, 0) is 39.9 Å². The highest BCUT2D eigenvalue weighted by atomic mass is 16.6. The molecule has 1 aromatic rings. The molecule has 1 saturated heterocycles. The molecule has 1 fully saturated rings. The van der Waals surface area contributed by atoms with Gasteiger partial charge in [-0.2, -0.15) is 0 Å². The zero-order valence-corrected chi connectivity index (χ0v) is 20.1. The van der Waals surface area contributed by atoms with E-state index in [0.717, 1.165) is 5.56 Å². The molecule has 0 aromatic heterocycles. The Balaban J connectivity index is 1.73. The van der Waals surface area contributed by atoms with Crippen molar-refractivity contribution in [1.82, 2.24) is 0 Å². The molecule has 2 heterocycles. The van der Waals surface area contributed by atoms with Crippen LogP contribution >= 0.6 is 0 Å². The minimum absolute atomic E-state index is 0.0361. The van der Waals surface area contributed by atoms with Crippen molar-refractivity contribution in [2.75, 3.05) is 6.61 Å². The maximum atomic E-state index is 13.4. The van der Waals surface area contributed by atoms with Crippen molar-refractivity contribution in [2.45, 2.75) is 70.7 Å². The number of ether oxygens (including phenoxy) is 4. The van der Waals surface area contributed by atoms with Crippen LogP contribution in [0, 0.1) is 11.8 Å². The van der Waals surface area contributed by atoms with E-state index in [4.69, 9.17) is 18.9 Å². The molecule has 2 aliphatic heterocycles. The maximum absolute atomic E-state index is 13.4. The van der Waals surface area contributed by atoms with Gasteiger partial charge in [0.25, 0.3) is 0 Å². The molecule has 0 N–H and O–H groups in total. The molecule has 7 nitrogen and oxygen atoms in total. The normalized spacial score (nSPS) is 28.5. The summed E-state index contributed by atoms with van der Waals surface area (Å²) < 4.78 is 23.4. The van der Waals surface area contributed by atoms with Crippen molar-refractivity contribution >= 4 is 17.5 Å². The molecule has 2 aliphatic rings. The van der Waals surface area contributed by atoms with E-state index in [0.29, 0.717) is 12.8 Å². The van der Waals surface area contributed by atoms with Crippen LogP contribution in [-0.4, -0.2) is 54.7 Å². The molecule has 0 aliphatic carbocycles. The third-order valence-corrected chi connectivity index (χ3v) is 6.13. The maximum Gasteiger partial charge on any atom is 0.302 e. The summed E-state index contributed by atoms with van der Waals surface area (Å²) in [5.41, 5.74) is 0.946. The molecule has 7 atom stereocenters. The van der Waals surface area contributed by atoms with Crippen LogP contribution in [0.2, 0.25) is 0 Å². The molecular formula is C27H34O7. The lowest BCUT2D eigenvalue weighted by Crippen LogP contribution is -2.44. The fourth-order valence-corrected chi connectivity index (χ4v) is 4.35. The van der Waals surface area contributed by atoms with E-state index < -0.39 is 30.3 Å². The Kier molecular flexibility index (Phi) is 9.33. The Hall–Kier alpha value is -2.61. The fraction of sp³-hybridized carbons (Fsp3) is 0.519. The van der Waals surface area contributed by atoms with E-state index in [1.165, 1.54) is 13.0 Å². The highest BCUT2D eigenvalue weighted by Gasteiger charge is 2.49. The zero-order valence-electron chi connectivity index (χ0n) is 20.1. The molecule has 0 radical (unpaired) electrons. The van der Waals surface area contributed by atoms with Gasteiger partial charge >= 0.3 is 5.97 Å². The van der Waals surface area contributed by atoms with Crippen molar-refractivity contribution in [2.24, 2.45) is 11.8 Å². The van der Waals surface area contributed by atoms with E-state index in [-0.39, 0.29) is 42.8 Å². The second kappa shape index (κ2) is 12.2. The summed E-state index contributed by atoms with van der Waals surface area (Å²) in [4.78, 5) is 37.2. The number of hydrogen-bond acceptors (Lipinski definition) is 7. The molecule has 0 spiro atoms. The van der Waals surface area contributed by atoms with Gasteiger partial charge in [0.15, 0.2) is 11.6 Å². The standard InChI is InChI=1S/C27H34O7/c1-5-9-21-12-13-22(29)25(33-21)18(3)26-24(30)27(32-16-20-10-7-6-8-11-20)23(34-26)14-17(2)15-31-19(4)28/h5-8,10-13,17-18,21,23,25-27H,1,9,14-16H2,2-4H3/t17-,18-,21-,23-,25?,26+,27+/m1/s1. The van der Waals surface area contributed by atoms with Gasteiger partial charge in [0.2, 0.25) is 0 Å². The summed E-state index contributed by atoms with van der Waals surface area (Å²) >= 11 is 0. The summed E-state index contributed by atoms with van der Waals surface area (Å²) in [6.45, 7) is 9.31. The van der Waals surface area contributed by atoms with E-state index in [2.05, 4.69) is 6.58 Å². The Labute approximate surface area is 201 Å². The number of rotatable bonds is 11. The van der Waals surface area contributed by atoms with Crippen molar-refractivity contribution in [3.05, 3.63) is 60.7 Å². The molecule has 1 aromatic carbocycles. The minimum Gasteiger partial charge on any atom is -0.466 e. The number of carbonyl (C=O) groups excluding carboxylic acids is 3.